The van der Waals surface area contributed by atoms with Crippen molar-refractivity contribution < 1.29 is 8.78 Å². The van der Waals surface area contributed by atoms with Crippen LogP contribution in [0.1, 0.15) is 11.1 Å². The SMILES string of the molecule is N#Cc1ccccc1Cn1nc2cc(F)c(F)cc2n1. The summed E-state index contributed by atoms with van der Waals surface area (Å²) < 4.78 is 26.2. The summed E-state index contributed by atoms with van der Waals surface area (Å²) in [4.78, 5) is 1.32. The molecule has 2 aromatic carbocycles. The van der Waals surface area contributed by atoms with Gasteiger partial charge >= 0.3 is 0 Å². The van der Waals surface area contributed by atoms with Crippen molar-refractivity contribution in [1.29, 1.82) is 5.26 Å². The zero-order valence-electron chi connectivity index (χ0n) is 10.2. The number of benzene rings is 2. The third-order valence-corrected chi connectivity index (χ3v) is 2.91. The number of hydrogen-bond donors (Lipinski definition) is 0. The quantitative estimate of drug-likeness (QED) is 0.719. The third kappa shape index (κ3) is 2.10. The van der Waals surface area contributed by atoms with Crippen molar-refractivity contribution in [1.82, 2.24) is 15.0 Å². The lowest BCUT2D eigenvalue weighted by molar-refractivity contribution is 0.510. The van der Waals surface area contributed by atoms with Crippen molar-refractivity contribution in [3.63, 3.8) is 0 Å². The normalized spacial score (nSPS) is 10.7. The van der Waals surface area contributed by atoms with Crippen LogP contribution in [0.5, 0.6) is 0 Å². The van der Waals surface area contributed by atoms with Crippen LogP contribution < -0.4 is 0 Å². The van der Waals surface area contributed by atoms with Crippen molar-refractivity contribution >= 4 is 11.0 Å². The fourth-order valence-corrected chi connectivity index (χ4v) is 1.95. The highest BCUT2D eigenvalue weighted by molar-refractivity contribution is 5.73. The van der Waals surface area contributed by atoms with Crippen LogP contribution in [0.15, 0.2) is 36.4 Å². The van der Waals surface area contributed by atoms with E-state index >= 15 is 0 Å². The Bertz CT molecular complexity index is 794. The van der Waals surface area contributed by atoms with Crippen LogP contribution in [0.4, 0.5) is 8.78 Å². The van der Waals surface area contributed by atoms with Crippen molar-refractivity contribution in [2.75, 3.05) is 0 Å². The van der Waals surface area contributed by atoms with Crippen LogP contribution in [0, 0.1) is 23.0 Å². The van der Waals surface area contributed by atoms with Crippen LogP contribution >= 0.6 is 0 Å². The first-order valence-electron chi connectivity index (χ1n) is 5.85. The minimum atomic E-state index is -0.957. The van der Waals surface area contributed by atoms with E-state index in [1.54, 1.807) is 24.3 Å². The average Bonchev–Trinajstić information content (AvgIpc) is 2.81. The standard InChI is InChI=1S/C14H8F2N4/c15-11-5-13-14(6-12(11)16)19-20(18-13)8-10-4-2-1-3-9(10)7-17/h1-6H,8H2. The second-order valence-corrected chi connectivity index (χ2v) is 4.25. The Balaban J connectivity index is 2.01. The van der Waals surface area contributed by atoms with Crippen molar-refractivity contribution in [3.8, 4) is 6.07 Å². The summed E-state index contributed by atoms with van der Waals surface area (Å²) >= 11 is 0. The fourth-order valence-electron chi connectivity index (χ4n) is 1.95. The van der Waals surface area contributed by atoms with E-state index < -0.39 is 11.6 Å². The maximum absolute atomic E-state index is 13.1. The molecule has 0 aliphatic rings. The molecule has 1 heterocycles. The van der Waals surface area contributed by atoms with E-state index in [4.69, 9.17) is 5.26 Å². The molecule has 1 aromatic heterocycles. The topological polar surface area (TPSA) is 54.5 Å². The Labute approximate surface area is 112 Å². The van der Waals surface area contributed by atoms with Gasteiger partial charge in [-0.15, -0.1) is 0 Å². The van der Waals surface area contributed by atoms with Crippen LogP contribution in [0.25, 0.3) is 11.0 Å². The van der Waals surface area contributed by atoms with Crippen LogP contribution in [0.2, 0.25) is 0 Å². The first-order valence-corrected chi connectivity index (χ1v) is 5.85. The van der Waals surface area contributed by atoms with E-state index in [2.05, 4.69) is 16.3 Å². The van der Waals surface area contributed by atoms with Gasteiger partial charge in [-0.3, -0.25) is 0 Å². The second kappa shape index (κ2) is 4.70. The Hall–Kier alpha value is -2.81. The smallest absolute Gasteiger partial charge is 0.161 e. The van der Waals surface area contributed by atoms with Crippen molar-refractivity contribution in [3.05, 3.63) is 59.2 Å². The van der Waals surface area contributed by atoms with Crippen LogP contribution in [0.3, 0.4) is 0 Å². The lowest BCUT2D eigenvalue weighted by Gasteiger charge is -2.01. The molecule has 0 saturated heterocycles. The Morgan fingerprint density at radius 1 is 1.05 bits per heavy atom. The molecular weight excluding hydrogens is 262 g/mol. The molecular formula is C14H8F2N4. The van der Waals surface area contributed by atoms with Crippen molar-refractivity contribution in [2.24, 2.45) is 0 Å². The number of rotatable bonds is 2. The minimum absolute atomic E-state index is 0.266. The van der Waals surface area contributed by atoms with E-state index in [9.17, 15) is 8.78 Å². The van der Waals surface area contributed by atoms with Gasteiger partial charge in [-0.2, -0.15) is 20.3 Å². The summed E-state index contributed by atoms with van der Waals surface area (Å²) in [5.41, 5.74) is 1.82. The summed E-state index contributed by atoms with van der Waals surface area (Å²) in [6.45, 7) is 0.266. The summed E-state index contributed by atoms with van der Waals surface area (Å²) in [6.07, 6.45) is 0. The molecule has 0 aliphatic heterocycles. The number of aromatic nitrogens is 3. The molecule has 0 fully saturated rings. The summed E-state index contributed by atoms with van der Waals surface area (Å²) in [5.74, 6) is -1.91. The highest BCUT2D eigenvalue weighted by Gasteiger charge is 2.10. The van der Waals surface area contributed by atoms with Gasteiger partial charge in [-0.25, -0.2) is 8.78 Å². The van der Waals surface area contributed by atoms with Gasteiger partial charge in [0.2, 0.25) is 0 Å². The Morgan fingerprint density at radius 2 is 1.65 bits per heavy atom. The zero-order chi connectivity index (χ0) is 14.1. The molecule has 3 aromatic rings. The molecule has 4 nitrogen and oxygen atoms in total. The predicted octanol–water partition coefficient (Wildman–Crippen LogP) is 2.63. The molecule has 98 valence electrons. The largest absolute Gasteiger partial charge is 0.204 e. The van der Waals surface area contributed by atoms with Gasteiger partial charge in [-0.05, 0) is 11.6 Å². The maximum Gasteiger partial charge on any atom is 0.161 e. The van der Waals surface area contributed by atoms with Gasteiger partial charge in [-0.1, -0.05) is 18.2 Å². The number of nitriles is 1. The minimum Gasteiger partial charge on any atom is -0.204 e. The molecule has 6 heteroatoms. The third-order valence-electron chi connectivity index (χ3n) is 2.91. The fraction of sp³-hybridized carbons (Fsp3) is 0.0714. The number of nitrogens with zero attached hydrogens (tertiary/aromatic N) is 4. The van der Waals surface area contributed by atoms with E-state index in [1.165, 1.54) is 4.80 Å². The van der Waals surface area contributed by atoms with Gasteiger partial charge in [0.15, 0.2) is 11.6 Å². The molecule has 0 bridgehead atoms. The second-order valence-electron chi connectivity index (χ2n) is 4.25. The highest BCUT2D eigenvalue weighted by Crippen LogP contribution is 2.16. The molecule has 0 spiro atoms. The van der Waals surface area contributed by atoms with E-state index in [0.717, 1.165) is 17.7 Å². The molecule has 0 atom stereocenters. The van der Waals surface area contributed by atoms with Gasteiger partial charge < -0.3 is 0 Å². The number of halogens is 2. The molecule has 0 N–H and O–H groups in total. The van der Waals surface area contributed by atoms with Crippen molar-refractivity contribution in [2.45, 2.75) is 6.54 Å². The number of fused-ring (bicyclic) bond motifs is 1. The first-order chi connectivity index (χ1) is 9.67. The molecule has 0 radical (unpaired) electrons. The Kier molecular flexibility index (Phi) is 2.88. The van der Waals surface area contributed by atoms with Crippen LogP contribution in [-0.2, 0) is 6.54 Å². The number of hydrogen-bond acceptors (Lipinski definition) is 3. The summed E-state index contributed by atoms with van der Waals surface area (Å²) in [6, 6.07) is 11.1. The molecule has 0 amide bonds. The summed E-state index contributed by atoms with van der Waals surface area (Å²) in [5, 5.41) is 17.2. The molecule has 0 unspecified atom stereocenters. The molecule has 3 rings (SSSR count). The summed E-state index contributed by atoms with van der Waals surface area (Å²) in [7, 11) is 0. The molecule has 0 saturated carbocycles. The van der Waals surface area contributed by atoms with E-state index in [0.29, 0.717) is 5.56 Å². The average molecular weight is 270 g/mol. The van der Waals surface area contributed by atoms with Crippen LogP contribution in [-0.4, -0.2) is 15.0 Å². The lowest BCUT2D eigenvalue weighted by Crippen LogP contribution is -2.05. The monoisotopic (exact) mass is 270 g/mol. The Morgan fingerprint density at radius 3 is 2.25 bits per heavy atom. The zero-order valence-corrected chi connectivity index (χ0v) is 10.2. The lowest BCUT2D eigenvalue weighted by atomic mass is 10.1. The van der Waals surface area contributed by atoms with E-state index in [-0.39, 0.29) is 17.6 Å². The van der Waals surface area contributed by atoms with Gasteiger partial charge in [0, 0.05) is 12.1 Å². The maximum atomic E-state index is 13.1. The van der Waals surface area contributed by atoms with Gasteiger partial charge in [0.25, 0.3) is 0 Å². The molecule has 20 heavy (non-hydrogen) atoms. The van der Waals surface area contributed by atoms with Gasteiger partial charge in [0.1, 0.15) is 11.0 Å². The molecule has 0 aliphatic carbocycles. The van der Waals surface area contributed by atoms with E-state index in [1.807, 2.05) is 0 Å². The van der Waals surface area contributed by atoms with Gasteiger partial charge in [0.05, 0.1) is 18.2 Å². The predicted molar refractivity (Wildman–Crippen MR) is 67.7 cm³/mol. The first kappa shape index (κ1) is 12.2. The highest BCUT2D eigenvalue weighted by atomic mass is 19.2.